The van der Waals surface area contributed by atoms with E-state index in [1.165, 1.54) is 0 Å². The molecule has 0 saturated heterocycles. The summed E-state index contributed by atoms with van der Waals surface area (Å²) in [6.45, 7) is 3.41. The molecule has 0 aliphatic rings. The molecule has 0 spiro atoms. The molecule has 0 fully saturated rings. The van der Waals surface area contributed by atoms with Crippen LogP contribution in [0.2, 0.25) is 0 Å². The van der Waals surface area contributed by atoms with Crippen molar-refractivity contribution in [2.75, 3.05) is 20.3 Å². The fourth-order valence-corrected chi connectivity index (χ4v) is 3.00. The number of nitrogens with one attached hydrogen (secondary N) is 1. The van der Waals surface area contributed by atoms with Crippen molar-refractivity contribution in [2.45, 2.75) is 37.6 Å². The number of hydrogen-bond acceptors (Lipinski definition) is 4. The van der Waals surface area contributed by atoms with Crippen molar-refractivity contribution in [1.29, 1.82) is 0 Å². The summed E-state index contributed by atoms with van der Waals surface area (Å²) in [5.41, 5.74) is 7.46. The highest BCUT2D eigenvalue weighted by Gasteiger charge is 2.14. The topological polar surface area (TPSA) is 81.4 Å². The van der Waals surface area contributed by atoms with Crippen molar-refractivity contribution in [3.05, 3.63) is 29.3 Å². The summed E-state index contributed by atoms with van der Waals surface area (Å²) in [6.07, 6.45) is 2.69. The standard InChI is InChI=1S/C14H24N2O3S/c1-12-6-7-14(10-13(12)11-15)20(17,18)16-8-4-3-5-9-19-2/h6-7,10,16H,3-5,8-9,11,15H2,1-2H3. The average molecular weight is 300 g/mol. The molecule has 20 heavy (non-hydrogen) atoms. The number of hydrogen-bond donors (Lipinski definition) is 2. The SMILES string of the molecule is COCCCCCNS(=O)(=O)c1ccc(C)c(CN)c1. The predicted octanol–water partition coefficient (Wildman–Crippen LogP) is 1.55. The summed E-state index contributed by atoms with van der Waals surface area (Å²) in [4.78, 5) is 0.278. The number of ether oxygens (including phenoxy) is 1. The minimum Gasteiger partial charge on any atom is -0.385 e. The zero-order valence-electron chi connectivity index (χ0n) is 12.2. The van der Waals surface area contributed by atoms with Gasteiger partial charge < -0.3 is 10.5 Å². The van der Waals surface area contributed by atoms with E-state index in [4.69, 9.17) is 10.5 Å². The molecule has 114 valence electrons. The van der Waals surface area contributed by atoms with Crippen LogP contribution in [0.1, 0.15) is 30.4 Å². The summed E-state index contributed by atoms with van der Waals surface area (Å²) >= 11 is 0. The fourth-order valence-electron chi connectivity index (χ4n) is 1.87. The Morgan fingerprint density at radius 2 is 2.00 bits per heavy atom. The van der Waals surface area contributed by atoms with E-state index in [-0.39, 0.29) is 4.90 Å². The van der Waals surface area contributed by atoms with Crippen LogP contribution in [0.15, 0.2) is 23.1 Å². The maximum Gasteiger partial charge on any atom is 0.240 e. The Morgan fingerprint density at radius 1 is 1.25 bits per heavy atom. The summed E-state index contributed by atoms with van der Waals surface area (Å²) in [5, 5.41) is 0. The molecule has 0 radical (unpaired) electrons. The van der Waals surface area contributed by atoms with E-state index < -0.39 is 10.0 Å². The number of sulfonamides is 1. The molecule has 0 heterocycles. The second-order valence-electron chi connectivity index (χ2n) is 4.74. The quantitative estimate of drug-likeness (QED) is 0.678. The number of rotatable bonds is 9. The zero-order valence-corrected chi connectivity index (χ0v) is 13.0. The van der Waals surface area contributed by atoms with Crippen molar-refractivity contribution in [2.24, 2.45) is 5.73 Å². The fraction of sp³-hybridized carbons (Fsp3) is 0.571. The van der Waals surface area contributed by atoms with Crippen LogP contribution in [0, 0.1) is 6.92 Å². The monoisotopic (exact) mass is 300 g/mol. The van der Waals surface area contributed by atoms with Crippen LogP contribution in [-0.2, 0) is 21.3 Å². The molecule has 6 heteroatoms. The second-order valence-corrected chi connectivity index (χ2v) is 6.51. The molecule has 0 amide bonds. The molecule has 0 aliphatic carbocycles. The van der Waals surface area contributed by atoms with E-state index in [2.05, 4.69) is 4.72 Å². The smallest absolute Gasteiger partial charge is 0.240 e. The normalized spacial score (nSPS) is 11.8. The van der Waals surface area contributed by atoms with Crippen molar-refractivity contribution in [1.82, 2.24) is 4.72 Å². The largest absolute Gasteiger partial charge is 0.385 e. The molecule has 1 aromatic rings. The van der Waals surface area contributed by atoms with Gasteiger partial charge in [-0.2, -0.15) is 0 Å². The molecular weight excluding hydrogens is 276 g/mol. The molecular formula is C14H24N2O3S. The molecule has 5 nitrogen and oxygen atoms in total. The van der Waals surface area contributed by atoms with Crippen LogP contribution in [0.3, 0.4) is 0 Å². The minimum absolute atomic E-state index is 0.278. The maximum atomic E-state index is 12.1. The third-order valence-corrected chi connectivity index (χ3v) is 4.63. The maximum absolute atomic E-state index is 12.1. The molecule has 0 aromatic heterocycles. The number of benzene rings is 1. The van der Waals surface area contributed by atoms with Gasteiger partial charge in [0, 0.05) is 26.8 Å². The Kier molecular flexibility index (Phi) is 7.15. The predicted molar refractivity (Wildman–Crippen MR) is 80.0 cm³/mol. The number of unbranched alkanes of at least 4 members (excludes halogenated alkanes) is 2. The average Bonchev–Trinajstić information content (AvgIpc) is 2.43. The van der Waals surface area contributed by atoms with Gasteiger partial charge in [-0.1, -0.05) is 6.07 Å². The Morgan fingerprint density at radius 3 is 2.65 bits per heavy atom. The van der Waals surface area contributed by atoms with Crippen LogP contribution in [-0.4, -0.2) is 28.7 Å². The molecule has 0 saturated carbocycles. The molecule has 1 rings (SSSR count). The Hall–Kier alpha value is -0.950. The molecule has 0 aliphatic heterocycles. The third-order valence-electron chi connectivity index (χ3n) is 3.17. The van der Waals surface area contributed by atoms with E-state index in [1.54, 1.807) is 25.3 Å². The summed E-state index contributed by atoms with van der Waals surface area (Å²) in [5.74, 6) is 0. The molecule has 3 N–H and O–H groups in total. The lowest BCUT2D eigenvalue weighted by molar-refractivity contribution is 0.192. The van der Waals surface area contributed by atoms with E-state index >= 15 is 0 Å². The first kappa shape index (κ1) is 17.1. The summed E-state index contributed by atoms with van der Waals surface area (Å²) < 4.78 is 31.8. The van der Waals surface area contributed by atoms with Crippen LogP contribution < -0.4 is 10.5 Å². The summed E-state index contributed by atoms with van der Waals surface area (Å²) in [7, 11) is -1.78. The van der Waals surface area contributed by atoms with Crippen LogP contribution in [0.25, 0.3) is 0 Å². The second kappa shape index (κ2) is 8.36. The van der Waals surface area contributed by atoms with Gasteiger partial charge in [0.1, 0.15) is 0 Å². The first-order valence-corrected chi connectivity index (χ1v) is 8.28. The lowest BCUT2D eigenvalue weighted by Gasteiger charge is -2.09. The van der Waals surface area contributed by atoms with E-state index in [9.17, 15) is 8.42 Å². The zero-order chi connectivity index (χ0) is 15.0. The van der Waals surface area contributed by atoms with Crippen molar-refractivity contribution in [3.63, 3.8) is 0 Å². The number of methoxy groups -OCH3 is 1. The molecule has 0 atom stereocenters. The highest BCUT2D eigenvalue weighted by Crippen LogP contribution is 2.15. The Balaban J connectivity index is 2.56. The van der Waals surface area contributed by atoms with Crippen molar-refractivity contribution < 1.29 is 13.2 Å². The van der Waals surface area contributed by atoms with E-state index in [0.29, 0.717) is 19.7 Å². The van der Waals surface area contributed by atoms with E-state index in [1.807, 2.05) is 6.92 Å². The van der Waals surface area contributed by atoms with Crippen molar-refractivity contribution in [3.8, 4) is 0 Å². The first-order chi connectivity index (χ1) is 9.51. The third kappa shape index (κ3) is 5.20. The molecule has 0 unspecified atom stereocenters. The minimum atomic E-state index is -3.44. The van der Waals surface area contributed by atoms with Gasteiger partial charge in [0.15, 0.2) is 0 Å². The van der Waals surface area contributed by atoms with Gasteiger partial charge >= 0.3 is 0 Å². The summed E-state index contributed by atoms with van der Waals surface area (Å²) in [6, 6.07) is 5.04. The van der Waals surface area contributed by atoms with Gasteiger partial charge in [-0.3, -0.25) is 0 Å². The molecule has 0 bridgehead atoms. The highest BCUT2D eigenvalue weighted by molar-refractivity contribution is 7.89. The molecule has 1 aromatic carbocycles. The van der Waals surface area contributed by atoms with Gasteiger partial charge in [0.05, 0.1) is 4.90 Å². The van der Waals surface area contributed by atoms with Crippen LogP contribution >= 0.6 is 0 Å². The Labute approximate surface area is 121 Å². The Bertz CT molecular complexity index is 515. The van der Waals surface area contributed by atoms with Gasteiger partial charge in [-0.05, 0) is 49.4 Å². The van der Waals surface area contributed by atoms with Crippen LogP contribution in [0.5, 0.6) is 0 Å². The van der Waals surface area contributed by atoms with Gasteiger partial charge in [0.25, 0.3) is 0 Å². The highest BCUT2D eigenvalue weighted by atomic mass is 32.2. The van der Waals surface area contributed by atoms with Gasteiger partial charge in [-0.25, -0.2) is 13.1 Å². The van der Waals surface area contributed by atoms with Gasteiger partial charge in [-0.15, -0.1) is 0 Å². The number of nitrogens with two attached hydrogens (primary N) is 1. The van der Waals surface area contributed by atoms with Crippen LogP contribution in [0.4, 0.5) is 0 Å². The number of aryl methyl sites for hydroxylation is 1. The van der Waals surface area contributed by atoms with E-state index in [0.717, 1.165) is 30.4 Å². The first-order valence-electron chi connectivity index (χ1n) is 6.79. The lowest BCUT2D eigenvalue weighted by atomic mass is 10.1. The van der Waals surface area contributed by atoms with Gasteiger partial charge in [0.2, 0.25) is 10.0 Å². The lowest BCUT2D eigenvalue weighted by Crippen LogP contribution is -2.25. The van der Waals surface area contributed by atoms with Crippen molar-refractivity contribution >= 4 is 10.0 Å².